The van der Waals surface area contributed by atoms with Gasteiger partial charge in [-0.05, 0) is 25.8 Å². The highest BCUT2D eigenvalue weighted by atomic mass is 16.4. The van der Waals surface area contributed by atoms with Crippen LogP contribution in [0.3, 0.4) is 0 Å². The number of carboxylic acid groups (broad SMARTS) is 1. The van der Waals surface area contributed by atoms with Gasteiger partial charge in [-0.2, -0.15) is 0 Å². The van der Waals surface area contributed by atoms with E-state index in [0.717, 1.165) is 13.0 Å². The van der Waals surface area contributed by atoms with Gasteiger partial charge in [-0.15, -0.1) is 0 Å². The summed E-state index contributed by atoms with van der Waals surface area (Å²) < 4.78 is 0. The summed E-state index contributed by atoms with van der Waals surface area (Å²) in [5.74, 6) is -1.50. The molecular formula is C13H22N4O4. The van der Waals surface area contributed by atoms with Crippen molar-refractivity contribution < 1.29 is 19.5 Å². The van der Waals surface area contributed by atoms with Crippen LogP contribution in [-0.2, 0) is 9.59 Å². The number of aliphatic carboxylic acids is 1. The summed E-state index contributed by atoms with van der Waals surface area (Å²) in [7, 11) is 0. The van der Waals surface area contributed by atoms with Crippen molar-refractivity contribution in [2.24, 2.45) is 0 Å². The Morgan fingerprint density at radius 2 is 2.10 bits per heavy atom. The molecule has 1 saturated heterocycles. The number of nitrogens with one attached hydrogen (secondary N) is 3. The first kappa shape index (κ1) is 15.6. The van der Waals surface area contributed by atoms with Crippen molar-refractivity contribution in [3.05, 3.63) is 0 Å². The van der Waals surface area contributed by atoms with Crippen molar-refractivity contribution in [2.75, 3.05) is 26.2 Å². The monoisotopic (exact) mass is 298 g/mol. The van der Waals surface area contributed by atoms with Gasteiger partial charge in [0.15, 0.2) is 0 Å². The van der Waals surface area contributed by atoms with Gasteiger partial charge >= 0.3 is 12.0 Å². The van der Waals surface area contributed by atoms with Gasteiger partial charge in [0, 0.05) is 25.7 Å². The zero-order valence-corrected chi connectivity index (χ0v) is 11.9. The lowest BCUT2D eigenvalue weighted by molar-refractivity contribution is -0.142. The van der Waals surface area contributed by atoms with Crippen molar-refractivity contribution in [3.63, 3.8) is 0 Å². The van der Waals surface area contributed by atoms with Crippen LogP contribution in [0.4, 0.5) is 4.79 Å². The molecule has 2 fully saturated rings. The summed E-state index contributed by atoms with van der Waals surface area (Å²) >= 11 is 0. The molecule has 0 aromatic carbocycles. The first-order valence-corrected chi connectivity index (χ1v) is 7.35. The molecule has 1 heterocycles. The molecule has 1 saturated carbocycles. The molecule has 4 N–H and O–H groups in total. The van der Waals surface area contributed by atoms with E-state index in [1.54, 1.807) is 0 Å². The third kappa shape index (κ3) is 4.89. The number of piperazine rings is 1. The molecule has 1 unspecified atom stereocenters. The maximum Gasteiger partial charge on any atom is 0.318 e. The van der Waals surface area contributed by atoms with Crippen LogP contribution in [0.25, 0.3) is 0 Å². The summed E-state index contributed by atoms with van der Waals surface area (Å²) in [6, 6.07) is -0.658. The van der Waals surface area contributed by atoms with Gasteiger partial charge < -0.3 is 26.0 Å². The van der Waals surface area contributed by atoms with Crippen molar-refractivity contribution in [1.82, 2.24) is 20.9 Å². The first-order valence-electron chi connectivity index (χ1n) is 7.35. The van der Waals surface area contributed by atoms with E-state index in [9.17, 15) is 14.4 Å². The number of nitrogens with zero attached hydrogens (tertiary/aromatic N) is 1. The molecule has 1 atom stereocenters. The van der Waals surface area contributed by atoms with E-state index in [2.05, 4.69) is 16.0 Å². The lowest BCUT2D eigenvalue weighted by atomic mass is 10.1. The summed E-state index contributed by atoms with van der Waals surface area (Å²) in [4.78, 5) is 35.9. The molecular weight excluding hydrogens is 276 g/mol. The number of carboxylic acids is 1. The second-order valence-corrected chi connectivity index (χ2v) is 5.41. The highest BCUT2D eigenvalue weighted by molar-refractivity contribution is 5.91. The Labute approximate surface area is 123 Å². The Kier molecular flexibility index (Phi) is 5.38. The Hall–Kier alpha value is -1.83. The second kappa shape index (κ2) is 7.26. The molecule has 1 aliphatic carbocycles. The maximum atomic E-state index is 12.1. The molecule has 2 aliphatic rings. The zero-order valence-electron chi connectivity index (χ0n) is 11.9. The van der Waals surface area contributed by atoms with Crippen LogP contribution >= 0.6 is 0 Å². The minimum Gasteiger partial charge on any atom is -0.481 e. The molecule has 0 aromatic heterocycles. The molecule has 8 nitrogen and oxygen atoms in total. The predicted molar refractivity (Wildman–Crippen MR) is 74.8 cm³/mol. The number of carbonyl (C=O) groups excluding carboxylic acids is 2. The fraction of sp³-hybridized carbons (Fsp3) is 0.769. The molecule has 1 aliphatic heterocycles. The van der Waals surface area contributed by atoms with Gasteiger partial charge in [0.25, 0.3) is 0 Å². The van der Waals surface area contributed by atoms with E-state index in [1.165, 1.54) is 17.7 Å². The minimum atomic E-state index is -1.09. The predicted octanol–water partition coefficient (Wildman–Crippen LogP) is -0.887. The van der Waals surface area contributed by atoms with Gasteiger partial charge in [0.1, 0.15) is 6.04 Å². The number of urea groups is 1. The number of carbonyl (C=O) groups is 3. The number of hydrogen-bond acceptors (Lipinski definition) is 4. The minimum absolute atomic E-state index is 0.329. The zero-order chi connectivity index (χ0) is 15.2. The standard InChI is InChI=1S/C13H22N4O4/c18-11(19)8-10-12(20)15-6-7-17(10)13(21)16-5-1-4-14-9-2-3-9/h9-10,14H,1-8H2,(H,15,20)(H,16,21)(H,18,19). The third-order valence-electron chi connectivity index (χ3n) is 3.60. The van der Waals surface area contributed by atoms with E-state index in [1.807, 2.05) is 0 Å². The van der Waals surface area contributed by atoms with Crippen molar-refractivity contribution in [2.45, 2.75) is 37.8 Å². The van der Waals surface area contributed by atoms with Crippen LogP contribution in [-0.4, -0.2) is 66.2 Å². The topological polar surface area (TPSA) is 111 Å². The molecule has 0 aromatic rings. The number of hydrogen-bond donors (Lipinski definition) is 4. The SMILES string of the molecule is O=C(O)CC1C(=O)NCCN1C(=O)NCCCNC1CC1. The smallest absolute Gasteiger partial charge is 0.318 e. The van der Waals surface area contributed by atoms with E-state index < -0.39 is 17.9 Å². The van der Waals surface area contributed by atoms with Crippen LogP contribution in [0.15, 0.2) is 0 Å². The Morgan fingerprint density at radius 1 is 1.33 bits per heavy atom. The van der Waals surface area contributed by atoms with Crippen LogP contribution in [0.2, 0.25) is 0 Å². The number of rotatable bonds is 7. The average Bonchev–Trinajstić information content (AvgIpc) is 3.24. The van der Waals surface area contributed by atoms with Gasteiger partial charge in [0.05, 0.1) is 6.42 Å². The first-order chi connectivity index (χ1) is 10.1. The highest BCUT2D eigenvalue weighted by Gasteiger charge is 2.34. The lowest BCUT2D eigenvalue weighted by Gasteiger charge is -2.34. The second-order valence-electron chi connectivity index (χ2n) is 5.41. The maximum absolute atomic E-state index is 12.1. The van der Waals surface area contributed by atoms with Gasteiger partial charge in [0.2, 0.25) is 5.91 Å². The summed E-state index contributed by atoms with van der Waals surface area (Å²) in [6.45, 7) is 2.04. The van der Waals surface area contributed by atoms with E-state index in [4.69, 9.17) is 5.11 Å². The fourth-order valence-corrected chi connectivity index (χ4v) is 2.31. The molecule has 118 valence electrons. The summed E-state index contributed by atoms with van der Waals surface area (Å²) in [5, 5.41) is 17.5. The molecule has 0 spiro atoms. The lowest BCUT2D eigenvalue weighted by Crippen LogP contribution is -2.60. The van der Waals surface area contributed by atoms with Crippen LogP contribution in [0, 0.1) is 0 Å². The Morgan fingerprint density at radius 3 is 2.76 bits per heavy atom. The Bertz CT molecular complexity index is 411. The van der Waals surface area contributed by atoms with Crippen LogP contribution < -0.4 is 16.0 Å². The van der Waals surface area contributed by atoms with Crippen LogP contribution in [0.1, 0.15) is 25.7 Å². The quantitative estimate of drug-likeness (QED) is 0.456. The van der Waals surface area contributed by atoms with E-state index >= 15 is 0 Å². The molecule has 21 heavy (non-hydrogen) atoms. The Balaban J connectivity index is 1.74. The molecule has 8 heteroatoms. The third-order valence-corrected chi connectivity index (χ3v) is 3.60. The van der Waals surface area contributed by atoms with Crippen LogP contribution in [0.5, 0.6) is 0 Å². The van der Waals surface area contributed by atoms with Crippen molar-refractivity contribution >= 4 is 17.9 Å². The molecule has 0 radical (unpaired) electrons. The van der Waals surface area contributed by atoms with E-state index in [0.29, 0.717) is 25.7 Å². The van der Waals surface area contributed by atoms with Gasteiger partial charge in [-0.1, -0.05) is 0 Å². The largest absolute Gasteiger partial charge is 0.481 e. The number of amides is 3. The van der Waals surface area contributed by atoms with Gasteiger partial charge in [-0.3, -0.25) is 9.59 Å². The normalized spacial score (nSPS) is 21.8. The summed E-state index contributed by atoms with van der Waals surface area (Å²) in [6.07, 6.45) is 2.90. The molecule has 0 bridgehead atoms. The van der Waals surface area contributed by atoms with Crippen molar-refractivity contribution in [1.29, 1.82) is 0 Å². The van der Waals surface area contributed by atoms with Crippen molar-refractivity contribution in [3.8, 4) is 0 Å². The fourth-order valence-electron chi connectivity index (χ4n) is 2.31. The molecule has 2 rings (SSSR count). The average molecular weight is 298 g/mol. The van der Waals surface area contributed by atoms with E-state index in [-0.39, 0.29) is 12.5 Å². The summed E-state index contributed by atoms with van der Waals surface area (Å²) in [5.41, 5.74) is 0. The highest BCUT2D eigenvalue weighted by Crippen LogP contribution is 2.18. The molecule has 3 amide bonds. The van der Waals surface area contributed by atoms with Gasteiger partial charge in [-0.25, -0.2) is 4.79 Å².